The van der Waals surface area contributed by atoms with E-state index in [4.69, 9.17) is 16.3 Å². The minimum atomic E-state index is 0.123. The molecule has 25 heavy (non-hydrogen) atoms. The van der Waals surface area contributed by atoms with Crippen molar-refractivity contribution >= 4 is 17.5 Å². The Labute approximate surface area is 151 Å². The first kappa shape index (κ1) is 17.6. The van der Waals surface area contributed by atoms with E-state index in [2.05, 4.69) is 20.4 Å². The monoisotopic (exact) mass is 364 g/mol. The molecule has 0 unspecified atom stereocenters. The zero-order valence-corrected chi connectivity index (χ0v) is 14.9. The van der Waals surface area contributed by atoms with Crippen molar-refractivity contribution in [2.75, 3.05) is 39.2 Å². The normalized spacial score (nSPS) is 15.4. The number of nitrogens with zero attached hydrogens (tertiary/aromatic N) is 6. The highest BCUT2D eigenvalue weighted by molar-refractivity contribution is 6.18. The second-order valence-electron chi connectivity index (χ2n) is 5.80. The lowest BCUT2D eigenvalue weighted by Gasteiger charge is -2.34. The molecule has 8 nitrogen and oxygen atoms in total. The number of halogens is 1. The summed E-state index contributed by atoms with van der Waals surface area (Å²) in [5.74, 6) is 2.05. The Balaban J connectivity index is 1.61. The lowest BCUT2D eigenvalue weighted by Crippen LogP contribution is -2.48. The molecule has 0 N–H and O–H groups in total. The molecule has 1 fully saturated rings. The van der Waals surface area contributed by atoms with Crippen LogP contribution in [0.25, 0.3) is 5.69 Å². The average Bonchev–Trinajstić information content (AvgIpc) is 3.10. The van der Waals surface area contributed by atoms with Gasteiger partial charge in [0.2, 0.25) is 5.91 Å². The Hall–Kier alpha value is -2.19. The summed E-state index contributed by atoms with van der Waals surface area (Å²) in [6.45, 7) is 3.64. The molecule has 0 radical (unpaired) electrons. The van der Waals surface area contributed by atoms with Gasteiger partial charge >= 0.3 is 0 Å². The molecule has 1 amide bonds. The van der Waals surface area contributed by atoms with Crippen LogP contribution in [-0.4, -0.2) is 75.1 Å². The van der Waals surface area contributed by atoms with Gasteiger partial charge in [-0.15, -0.1) is 16.7 Å². The van der Waals surface area contributed by atoms with Gasteiger partial charge < -0.3 is 9.64 Å². The summed E-state index contributed by atoms with van der Waals surface area (Å²) in [7, 11) is 1.63. The Morgan fingerprint density at radius 3 is 2.56 bits per heavy atom. The zero-order chi connectivity index (χ0) is 17.6. The highest BCUT2D eigenvalue weighted by atomic mass is 35.5. The maximum absolute atomic E-state index is 11.9. The number of ether oxygens (including phenoxy) is 1. The molecule has 9 heteroatoms. The van der Waals surface area contributed by atoms with Crippen LogP contribution in [0.2, 0.25) is 0 Å². The van der Waals surface area contributed by atoms with E-state index >= 15 is 0 Å². The number of aromatic nitrogens is 4. The molecule has 2 heterocycles. The molecule has 0 aliphatic carbocycles. The first-order valence-corrected chi connectivity index (χ1v) is 8.72. The van der Waals surface area contributed by atoms with E-state index in [1.54, 1.807) is 11.8 Å². The van der Waals surface area contributed by atoms with E-state index in [9.17, 15) is 4.79 Å². The predicted molar refractivity (Wildman–Crippen MR) is 92.9 cm³/mol. The van der Waals surface area contributed by atoms with E-state index < -0.39 is 0 Å². The molecule has 3 rings (SSSR count). The molecular formula is C16H21ClN6O2. The van der Waals surface area contributed by atoms with Crippen LogP contribution in [0.1, 0.15) is 12.2 Å². The summed E-state index contributed by atoms with van der Waals surface area (Å²) in [6.07, 6.45) is 0.400. The largest absolute Gasteiger partial charge is 0.497 e. The molecule has 0 saturated carbocycles. The van der Waals surface area contributed by atoms with Gasteiger partial charge in [-0.3, -0.25) is 9.69 Å². The van der Waals surface area contributed by atoms with Crippen LogP contribution in [0.4, 0.5) is 0 Å². The number of methoxy groups -OCH3 is 1. The van der Waals surface area contributed by atoms with Gasteiger partial charge in [-0.25, -0.2) is 0 Å². The van der Waals surface area contributed by atoms with E-state index in [0.717, 1.165) is 30.4 Å². The standard InChI is InChI=1S/C16H21ClN6O2/c1-25-14-4-2-13(3-5-14)23-15(18-19-20-23)12-21-8-10-22(11-9-21)16(24)6-7-17/h2-5H,6-12H2,1H3. The molecule has 0 spiro atoms. The van der Waals surface area contributed by atoms with Crippen LogP contribution in [0, 0.1) is 0 Å². The van der Waals surface area contributed by atoms with Crippen LogP contribution in [-0.2, 0) is 11.3 Å². The van der Waals surface area contributed by atoms with Gasteiger partial charge in [-0.05, 0) is 34.7 Å². The molecule has 0 atom stereocenters. The summed E-state index contributed by atoms with van der Waals surface area (Å²) >= 11 is 5.64. The SMILES string of the molecule is COc1ccc(-n2nnnc2CN2CCN(C(=O)CCCl)CC2)cc1. The van der Waals surface area contributed by atoms with Crippen molar-refractivity contribution in [1.82, 2.24) is 30.0 Å². The van der Waals surface area contributed by atoms with Crippen LogP contribution >= 0.6 is 11.6 Å². The molecule has 134 valence electrons. The maximum Gasteiger partial charge on any atom is 0.223 e. The van der Waals surface area contributed by atoms with Gasteiger partial charge in [0.25, 0.3) is 0 Å². The summed E-state index contributed by atoms with van der Waals surface area (Å²) in [5, 5.41) is 12.0. The summed E-state index contributed by atoms with van der Waals surface area (Å²) in [5.41, 5.74) is 0.886. The Kier molecular flexibility index (Phi) is 5.83. The number of alkyl halides is 1. The number of carbonyl (C=O) groups is 1. The summed E-state index contributed by atoms with van der Waals surface area (Å²) in [4.78, 5) is 16.0. The number of tetrazole rings is 1. The fourth-order valence-electron chi connectivity index (χ4n) is 2.82. The molecule has 1 saturated heterocycles. The first-order valence-electron chi connectivity index (χ1n) is 8.19. The predicted octanol–water partition coefficient (Wildman–Crippen LogP) is 0.944. The average molecular weight is 365 g/mol. The van der Waals surface area contributed by atoms with E-state index in [-0.39, 0.29) is 5.91 Å². The summed E-state index contributed by atoms with van der Waals surface area (Å²) in [6, 6.07) is 7.59. The van der Waals surface area contributed by atoms with Crippen molar-refractivity contribution in [3.05, 3.63) is 30.1 Å². The van der Waals surface area contributed by atoms with Crippen molar-refractivity contribution < 1.29 is 9.53 Å². The molecular weight excluding hydrogens is 344 g/mol. The van der Waals surface area contributed by atoms with Crippen molar-refractivity contribution in [2.45, 2.75) is 13.0 Å². The van der Waals surface area contributed by atoms with E-state index in [1.165, 1.54) is 0 Å². The number of amides is 1. The number of piperazine rings is 1. The third-order valence-electron chi connectivity index (χ3n) is 4.25. The third-order valence-corrected chi connectivity index (χ3v) is 4.44. The molecule has 0 bridgehead atoms. The highest BCUT2D eigenvalue weighted by Crippen LogP contribution is 2.16. The molecule has 1 aliphatic heterocycles. The Morgan fingerprint density at radius 1 is 1.20 bits per heavy atom. The lowest BCUT2D eigenvalue weighted by atomic mass is 10.2. The Bertz CT molecular complexity index is 697. The smallest absolute Gasteiger partial charge is 0.223 e. The number of rotatable bonds is 6. The van der Waals surface area contributed by atoms with Gasteiger partial charge in [0, 0.05) is 38.5 Å². The van der Waals surface area contributed by atoms with Gasteiger partial charge in [0.1, 0.15) is 5.75 Å². The topological polar surface area (TPSA) is 76.4 Å². The van der Waals surface area contributed by atoms with Crippen LogP contribution in [0.5, 0.6) is 5.75 Å². The molecule has 1 aromatic carbocycles. The van der Waals surface area contributed by atoms with Crippen LogP contribution < -0.4 is 4.74 Å². The maximum atomic E-state index is 11.9. The number of hydrogen-bond donors (Lipinski definition) is 0. The minimum Gasteiger partial charge on any atom is -0.497 e. The fourth-order valence-corrected chi connectivity index (χ4v) is 2.98. The second kappa shape index (κ2) is 8.26. The number of benzene rings is 1. The van der Waals surface area contributed by atoms with Crippen molar-refractivity contribution in [1.29, 1.82) is 0 Å². The molecule has 1 aliphatic rings. The fraction of sp³-hybridized carbons (Fsp3) is 0.500. The van der Waals surface area contributed by atoms with Gasteiger partial charge in [0.15, 0.2) is 5.82 Å². The van der Waals surface area contributed by atoms with Gasteiger partial charge in [0.05, 0.1) is 19.3 Å². The van der Waals surface area contributed by atoms with Gasteiger partial charge in [-0.2, -0.15) is 4.68 Å². The summed E-state index contributed by atoms with van der Waals surface area (Å²) < 4.78 is 6.90. The number of hydrogen-bond acceptors (Lipinski definition) is 6. The first-order chi connectivity index (χ1) is 12.2. The Morgan fingerprint density at radius 2 is 1.92 bits per heavy atom. The third kappa shape index (κ3) is 4.26. The lowest BCUT2D eigenvalue weighted by molar-refractivity contribution is -0.132. The van der Waals surface area contributed by atoms with E-state index in [0.29, 0.717) is 31.9 Å². The van der Waals surface area contributed by atoms with Gasteiger partial charge in [-0.1, -0.05) is 0 Å². The highest BCUT2D eigenvalue weighted by Gasteiger charge is 2.22. The second-order valence-corrected chi connectivity index (χ2v) is 6.18. The number of carbonyl (C=O) groups excluding carboxylic acids is 1. The zero-order valence-electron chi connectivity index (χ0n) is 14.1. The van der Waals surface area contributed by atoms with Crippen LogP contribution in [0.15, 0.2) is 24.3 Å². The quantitative estimate of drug-likeness (QED) is 0.710. The molecule has 1 aromatic heterocycles. The van der Waals surface area contributed by atoms with Crippen LogP contribution in [0.3, 0.4) is 0 Å². The minimum absolute atomic E-state index is 0.123. The molecule has 2 aromatic rings. The van der Waals surface area contributed by atoms with E-state index in [1.807, 2.05) is 29.2 Å². The van der Waals surface area contributed by atoms with Crippen molar-refractivity contribution in [3.8, 4) is 11.4 Å². The van der Waals surface area contributed by atoms with Crippen molar-refractivity contribution in [3.63, 3.8) is 0 Å². The van der Waals surface area contributed by atoms with Crippen molar-refractivity contribution in [2.24, 2.45) is 0 Å².